The quantitative estimate of drug-likeness (QED) is 0.748. The number of hydrogen-bond acceptors (Lipinski definition) is 5. The molecule has 2 aromatic rings. The van der Waals surface area contributed by atoms with Gasteiger partial charge < -0.3 is 16.2 Å². The molecular weight excluding hydrogens is 224 g/mol. The molecule has 2 heterocycles. The third kappa shape index (κ3) is 2.34. The van der Waals surface area contributed by atoms with Crippen molar-refractivity contribution in [2.75, 3.05) is 17.6 Å². The van der Waals surface area contributed by atoms with Crippen LogP contribution < -0.4 is 11.1 Å². The maximum Gasteiger partial charge on any atom is 0.171 e. The second kappa shape index (κ2) is 4.54. The molecule has 0 amide bonds. The van der Waals surface area contributed by atoms with Gasteiger partial charge in [0.05, 0.1) is 11.8 Å². The van der Waals surface area contributed by atoms with Gasteiger partial charge in [0.15, 0.2) is 5.82 Å². The fraction of sp³-hybridized carbons (Fsp3) is 0.300. The molecule has 16 heavy (non-hydrogen) atoms. The molecule has 0 radical (unpaired) electrons. The zero-order chi connectivity index (χ0) is 11.5. The summed E-state index contributed by atoms with van der Waals surface area (Å²) in [5.74, 6) is 0.608. The second-order valence-electron chi connectivity index (χ2n) is 3.56. The van der Waals surface area contributed by atoms with Crippen molar-refractivity contribution in [2.45, 2.75) is 6.10 Å². The summed E-state index contributed by atoms with van der Waals surface area (Å²) in [4.78, 5) is 0. The number of rotatable bonds is 4. The Morgan fingerprint density at radius 1 is 1.69 bits per heavy atom. The fourth-order valence-electron chi connectivity index (χ4n) is 1.42. The molecule has 0 bridgehead atoms. The lowest BCUT2D eigenvalue weighted by Gasteiger charge is -2.09. The summed E-state index contributed by atoms with van der Waals surface area (Å²) in [5, 5.41) is 20.9. The number of aromatic nitrogens is 2. The van der Waals surface area contributed by atoms with Gasteiger partial charge in [0.25, 0.3) is 0 Å². The number of nitrogens with two attached hydrogens (primary N) is 1. The van der Waals surface area contributed by atoms with Crippen molar-refractivity contribution in [3.8, 4) is 0 Å². The maximum atomic E-state index is 9.84. The smallest absolute Gasteiger partial charge is 0.171 e. The normalized spacial score (nSPS) is 12.6. The van der Waals surface area contributed by atoms with E-state index in [0.29, 0.717) is 18.1 Å². The van der Waals surface area contributed by atoms with Crippen LogP contribution in [0.4, 0.5) is 11.5 Å². The van der Waals surface area contributed by atoms with Crippen LogP contribution in [0.5, 0.6) is 0 Å². The largest absolute Gasteiger partial charge is 0.394 e. The zero-order valence-corrected chi connectivity index (χ0v) is 9.74. The molecule has 4 N–H and O–H groups in total. The van der Waals surface area contributed by atoms with E-state index in [0.717, 1.165) is 5.56 Å². The van der Waals surface area contributed by atoms with Crippen LogP contribution in [0.25, 0.3) is 0 Å². The number of nitrogens with one attached hydrogen (secondary N) is 1. The Balaban J connectivity index is 1.95. The predicted molar refractivity (Wildman–Crippen MR) is 65.4 cm³/mol. The first-order valence-corrected chi connectivity index (χ1v) is 5.84. The Kier molecular flexibility index (Phi) is 3.12. The van der Waals surface area contributed by atoms with Crippen LogP contribution in [-0.4, -0.2) is 21.4 Å². The molecule has 6 heteroatoms. The number of anilines is 2. The molecule has 0 fully saturated rings. The lowest BCUT2D eigenvalue weighted by atomic mass is 10.2. The standard InChI is InChI=1S/C10H14N4OS/c1-14-5-8(11)10(13-14)12-4-9(15)7-2-3-16-6-7/h2-3,5-6,9,15H,4,11H2,1H3,(H,12,13). The van der Waals surface area contributed by atoms with E-state index in [2.05, 4.69) is 10.4 Å². The van der Waals surface area contributed by atoms with Crippen LogP contribution in [0, 0.1) is 0 Å². The van der Waals surface area contributed by atoms with Gasteiger partial charge in [-0.3, -0.25) is 4.68 Å². The third-order valence-corrected chi connectivity index (χ3v) is 2.95. The highest BCUT2D eigenvalue weighted by molar-refractivity contribution is 7.07. The fourth-order valence-corrected chi connectivity index (χ4v) is 2.13. The summed E-state index contributed by atoms with van der Waals surface area (Å²) in [5.41, 5.74) is 7.21. The van der Waals surface area contributed by atoms with Gasteiger partial charge in [-0.1, -0.05) is 0 Å². The number of thiophene rings is 1. The number of aliphatic hydroxyl groups excluding tert-OH is 1. The Labute approximate surface area is 97.5 Å². The van der Waals surface area contributed by atoms with Gasteiger partial charge in [-0.15, -0.1) is 0 Å². The molecule has 1 atom stereocenters. The van der Waals surface area contributed by atoms with Crippen LogP contribution in [0.3, 0.4) is 0 Å². The van der Waals surface area contributed by atoms with Gasteiger partial charge in [0.1, 0.15) is 0 Å². The topological polar surface area (TPSA) is 76.1 Å². The molecule has 86 valence electrons. The number of aliphatic hydroxyl groups is 1. The van der Waals surface area contributed by atoms with Gasteiger partial charge in [-0.25, -0.2) is 0 Å². The van der Waals surface area contributed by atoms with E-state index < -0.39 is 6.10 Å². The molecule has 0 aliphatic rings. The van der Waals surface area contributed by atoms with Crippen molar-refractivity contribution in [1.29, 1.82) is 0 Å². The van der Waals surface area contributed by atoms with E-state index in [1.54, 1.807) is 29.3 Å². The lowest BCUT2D eigenvalue weighted by molar-refractivity contribution is 0.192. The van der Waals surface area contributed by atoms with E-state index in [1.165, 1.54) is 0 Å². The Morgan fingerprint density at radius 2 is 2.50 bits per heavy atom. The van der Waals surface area contributed by atoms with Crippen molar-refractivity contribution in [2.24, 2.45) is 7.05 Å². The minimum atomic E-state index is -0.535. The average Bonchev–Trinajstić information content (AvgIpc) is 2.84. The number of hydrogen-bond donors (Lipinski definition) is 3. The molecular formula is C10H14N4OS. The van der Waals surface area contributed by atoms with Crippen LogP contribution >= 0.6 is 11.3 Å². The number of aryl methyl sites for hydroxylation is 1. The third-order valence-electron chi connectivity index (χ3n) is 2.25. The molecule has 2 rings (SSSR count). The van der Waals surface area contributed by atoms with Gasteiger partial charge in [0, 0.05) is 19.8 Å². The van der Waals surface area contributed by atoms with Gasteiger partial charge in [-0.2, -0.15) is 16.4 Å². The first kappa shape index (κ1) is 11.0. The maximum absolute atomic E-state index is 9.84. The molecule has 0 saturated heterocycles. The summed E-state index contributed by atoms with van der Waals surface area (Å²) in [6.45, 7) is 0.401. The molecule has 2 aromatic heterocycles. The molecule has 0 aliphatic carbocycles. The van der Waals surface area contributed by atoms with Crippen molar-refractivity contribution in [3.63, 3.8) is 0 Å². The summed E-state index contributed by atoms with van der Waals surface area (Å²) in [7, 11) is 1.80. The summed E-state index contributed by atoms with van der Waals surface area (Å²) in [6, 6.07) is 1.90. The van der Waals surface area contributed by atoms with E-state index >= 15 is 0 Å². The minimum Gasteiger partial charge on any atom is -0.394 e. The van der Waals surface area contributed by atoms with Gasteiger partial charge in [0.2, 0.25) is 0 Å². The molecule has 0 aromatic carbocycles. The highest BCUT2D eigenvalue weighted by atomic mass is 32.1. The first-order valence-electron chi connectivity index (χ1n) is 4.90. The summed E-state index contributed by atoms with van der Waals surface area (Å²) in [6.07, 6.45) is 1.19. The van der Waals surface area contributed by atoms with Crippen LogP contribution in [0.2, 0.25) is 0 Å². The molecule has 0 saturated carbocycles. The van der Waals surface area contributed by atoms with Crippen molar-refractivity contribution in [3.05, 3.63) is 28.6 Å². The molecule has 0 aliphatic heterocycles. The molecule has 0 spiro atoms. The number of nitrogen functional groups attached to an aromatic ring is 1. The van der Waals surface area contributed by atoms with E-state index in [9.17, 15) is 5.11 Å². The summed E-state index contributed by atoms with van der Waals surface area (Å²) < 4.78 is 1.63. The van der Waals surface area contributed by atoms with Crippen LogP contribution in [0.1, 0.15) is 11.7 Å². The van der Waals surface area contributed by atoms with Crippen LogP contribution in [-0.2, 0) is 7.05 Å². The average molecular weight is 238 g/mol. The SMILES string of the molecule is Cn1cc(N)c(NCC(O)c2ccsc2)n1. The highest BCUT2D eigenvalue weighted by Crippen LogP contribution is 2.19. The lowest BCUT2D eigenvalue weighted by Crippen LogP contribution is -2.12. The van der Waals surface area contributed by atoms with E-state index in [1.807, 2.05) is 16.8 Å². The van der Waals surface area contributed by atoms with Crippen LogP contribution in [0.15, 0.2) is 23.0 Å². The Hall–Kier alpha value is -1.53. The highest BCUT2D eigenvalue weighted by Gasteiger charge is 2.09. The minimum absolute atomic E-state index is 0.401. The molecule has 5 nitrogen and oxygen atoms in total. The van der Waals surface area contributed by atoms with Crippen molar-refractivity contribution >= 4 is 22.8 Å². The van der Waals surface area contributed by atoms with Gasteiger partial charge >= 0.3 is 0 Å². The van der Waals surface area contributed by atoms with Crippen molar-refractivity contribution in [1.82, 2.24) is 9.78 Å². The molecule has 1 unspecified atom stereocenters. The second-order valence-corrected chi connectivity index (χ2v) is 4.34. The first-order chi connectivity index (χ1) is 7.66. The Morgan fingerprint density at radius 3 is 3.06 bits per heavy atom. The zero-order valence-electron chi connectivity index (χ0n) is 8.92. The van der Waals surface area contributed by atoms with E-state index in [-0.39, 0.29) is 0 Å². The Bertz CT molecular complexity index is 451. The summed E-state index contributed by atoms with van der Waals surface area (Å²) >= 11 is 1.56. The van der Waals surface area contributed by atoms with Crippen molar-refractivity contribution < 1.29 is 5.11 Å². The monoisotopic (exact) mass is 238 g/mol. The van der Waals surface area contributed by atoms with E-state index in [4.69, 9.17) is 5.73 Å². The number of nitrogens with zero attached hydrogens (tertiary/aromatic N) is 2. The van der Waals surface area contributed by atoms with Gasteiger partial charge in [-0.05, 0) is 22.4 Å². The predicted octanol–water partition coefficient (Wildman–Crippen LogP) is 1.21.